The van der Waals surface area contributed by atoms with Crippen LogP contribution in [0, 0.1) is 0 Å². The van der Waals surface area contributed by atoms with Crippen LogP contribution < -0.4 is 10.5 Å². The normalized spacial score (nSPS) is 11.4. The summed E-state index contributed by atoms with van der Waals surface area (Å²) < 4.78 is 8.90. The van der Waals surface area contributed by atoms with E-state index in [9.17, 15) is 0 Å². The quantitative estimate of drug-likeness (QED) is 0.506. The average molecular weight is 392 g/mol. The number of nitrogen functional groups attached to an aromatic ring is 1. The van der Waals surface area contributed by atoms with Crippen LogP contribution in [0.25, 0.3) is 33.5 Å². The Bertz CT molecular complexity index is 1340. The molecule has 5 aromatic rings. The maximum absolute atomic E-state index is 6.23. The zero-order chi connectivity index (χ0) is 19.3. The lowest BCUT2D eigenvalue weighted by Gasteiger charge is -2.11. The van der Waals surface area contributed by atoms with Crippen LogP contribution in [0.1, 0.15) is 0 Å². The first-order chi connectivity index (χ1) is 13.7. The predicted octanol–water partition coefficient (Wildman–Crippen LogP) is 3.37. The number of ether oxygens (including phenoxy) is 1. The Morgan fingerprint density at radius 1 is 1.14 bits per heavy atom. The fourth-order valence-corrected chi connectivity index (χ4v) is 3.38. The van der Waals surface area contributed by atoms with E-state index in [1.54, 1.807) is 53.1 Å². The Morgan fingerprint density at radius 2 is 2.04 bits per heavy atom. The van der Waals surface area contributed by atoms with Crippen molar-refractivity contribution in [2.75, 3.05) is 12.8 Å². The molecule has 0 atom stereocenters. The van der Waals surface area contributed by atoms with Crippen molar-refractivity contribution in [3.05, 3.63) is 60.1 Å². The van der Waals surface area contributed by atoms with E-state index in [4.69, 9.17) is 22.1 Å². The number of nitrogens with zero attached hydrogens (tertiary/aromatic N) is 6. The van der Waals surface area contributed by atoms with Crippen molar-refractivity contribution >= 4 is 34.0 Å². The van der Waals surface area contributed by atoms with Crippen molar-refractivity contribution in [3.8, 4) is 22.7 Å². The molecular weight excluding hydrogens is 378 g/mol. The van der Waals surface area contributed by atoms with E-state index in [-0.39, 0.29) is 0 Å². The van der Waals surface area contributed by atoms with Crippen LogP contribution in [0.4, 0.5) is 5.82 Å². The molecule has 0 fully saturated rings. The van der Waals surface area contributed by atoms with Crippen molar-refractivity contribution in [2.24, 2.45) is 0 Å². The highest BCUT2D eigenvalue weighted by Crippen LogP contribution is 2.32. The van der Waals surface area contributed by atoms with E-state index in [1.165, 1.54) is 0 Å². The van der Waals surface area contributed by atoms with Gasteiger partial charge in [0, 0.05) is 17.4 Å². The molecule has 0 saturated carbocycles. The minimum atomic E-state index is 0.370. The molecule has 0 aliphatic carbocycles. The molecule has 0 aliphatic rings. The molecule has 0 spiro atoms. The smallest absolute Gasteiger partial charge is 0.164 e. The molecule has 28 heavy (non-hydrogen) atoms. The Kier molecular flexibility index (Phi) is 3.66. The van der Waals surface area contributed by atoms with Gasteiger partial charge in [0.15, 0.2) is 5.65 Å². The summed E-state index contributed by atoms with van der Waals surface area (Å²) in [6, 6.07) is 9.08. The summed E-state index contributed by atoms with van der Waals surface area (Å²) in [6.45, 7) is 0. The number of methoxy groups -OCH3 is 1. The third-order valence-electron chi connectivity index (χ3n) is 4.52. The van der Waals surface area contributed by atoms with Gasteiger partial charge in [0.25, 0.3) is 0 Å². The minimum Gasteiger partial charge on any atom is -0.494 e. The summed E-state index contributed by atoms with van der Waals surface area (Å²) in [4.78, 5) is 8.93. The molecule has 0 radical (unpaired) electrons. The van der Waals surface area contributed by atoms with E-state index >= 15 is 0 Å². The Balaban J connectivity index is 1.78. The number of hydrogen-bond donors (Lipinski definition) is 1. The van der Waals surface area contributed by atoms with Crippen molar-refractivity contribution in [2.45, 2.75) is 0 Å². The topological polar surface area (TPSA) is 96.2 Å². The van der Waals surface area contributed by atoms with Crippen LogP contribution in [0.5, 0.6) is 5.75 Å². The number of halogens is 1. The number of hydrogen-bond acceptors (Lipinski definition) is 6. The van der Waals surface area contributed by atoms with Gasteiger partial charge in [-0.2, -0.15) is 10.2 Å². The fraction of sp³-hybridized carbons (Fsp3) is 0.0526. The largest absolute Gasteiger partial charge is 0.494 e. The number of aromatic nitrogens is 6. The average Bonchev–Trinajstić information content (AvgIpc) is 3.32. The molecule has 1 aromatic carbocycles. The summed E-state index contributed by atoms with van der Waals surface area (Å²) in [5.74, 6) is 1.01. The van der Waals surface area contributed by atoms with Gasteiger partial charge in [-0.1, -0.05) is 11.6 Å². The van der Waals surface area contributed by atoms with Crippen LogP contribution in [0.15, 0.2) is 55.1 Å². The first-order valence-electron chi connectivity index (χ1n) is 8.42. The van der Waals surface area contributed by atoms with E-state index in [0.29, 0.717) is 33.6 Å². The zero-order valence-electron chi connectivity index (χ0n) is 14.7. The second-order valence-corrected chi connectivity index (χ2v) is 6.58. The number of fused-ring (bicyclic) bond motifs is 2. The van der Waals surface area contributed by atoms with Gasteiger partial charge in [-0.15, -0.1) is 0 Å². The second kappa shape index (κ2) is 6.21. The van der Waals surface area contributed by atoms with Crippen LogP contribution >= 0.6 is 11.6 Å². The number of anilines is 1. The van der Waals surface area contributed by atoms with Crippen LogP contribution in [-0.4, -0.2) is 36.5 Å². The third-order valence-corrected chi connectivity index (χ3v) is 4.76. The predicted molar refractivity (Wildman–Crippen MR) is 107 cm³/mol. The van der Waals surface area contributed by atoms with Crippen molar-refractivity contribution < 1.29 is 4.74 Å². The highest BCUT2D eigenvalue weighted by atomic mass is 35.5. The van der Waals surface area contributed by atoms with Gasteiger partial charge in [0.1, 0.15) is 17.3 Å². The molecule has 4 heterocycles. The summed E-state index contributed by atoms with van der Waals surface area (Å²) in [6.07, 6.45) is 6.94. The summed E-state index contributed by atoms with van der Waals surface area (Å²) in [5, 5.41) is 10.1. The molecular formula is C19H14ClN7O. The zero-order valence-corrected chi connectivity index (χ0v) is 15.5. The van der Waals surface area contributed by atoms with E-state index in [1.807, 2.05) is 18.3 Å². The van der Waals surface area contributed by atoms with Gasteiger partial charge in [0.2, 0.25) is 0 Å². The molecule has 5 rings (SSSR count). The molecule has 0 saturated heterocycles. The molecule has 0 unspecified atom stereocenters. The molecule has 0 aliphatic heterocycles. The van der Waals surface area contributed by atoms with Gasteiger partial charge < -0.3 is 10.5 Å². The number of benzene rings is 1. The summed E-state index contributed by atoms with van der Waals surface area (Å²) >= 11 is 6.20. The highest BCUT2D eigenvalue weighted by molar-refractivity contribution is 6.30. The standard InChI is InChI=1S/C19H14ClN7O/c1-28-17-4-3-11(20)7-16(17)27-15-8-14(25-18(21)13(15)10-24-27)12-9-23-26-6-2-5-22-19(12)26/h2-10H,1H3,(H2,21,25). The first-order valence-corrected chi connectivity index (χ1v) is 8.80. The lowest BCUT2D eigenvalue weighted by atomic mass is 10.2. The SMILES string of the molecule is COc1ccc(Cl)cc1-n1ncc2c(N)nc(-c3cnn4cccnc34)cc21. The van der Waals surface area contributed by atoms with Crippen LogP contribution in [0.3, 0.4) is 0 Å². The Hall–Kier alpha value is -3.65. The van der Waals surface area contributed by atoms with Gasteiger partial charge in [-0.3, -0.25) is 0 Å². The van der Waals surface area contributed by atoms with Gasteiger partial charge in [-0.25, -0.2) is 19.2 Å². The molecule has 0 bridgehead atoms. The molecule has 138 valence electrons. The highest BCUT2D eigenvalue weighted by Gasteiger charge is 2.17. The number of rotatable bonds is 3. The first kappa shape index (κ1) is 16.5. The third kappa shape index (κ3) is 2.46. The fourth-order valence-electron chi connectivity index (χ4n) is 3.21. The summed E-state index contributed by atoms with van der Waals surface area (Å²) in [7, 11) is 1.60. The lowest BCUT2D eigenvalue weighted by Crippen LogP contribution is -2.01. The van der Waals surface area contributed by atoms with Crippen molar-refractivity contribution in [1.29, 1.82) is 0 Å². The van der Waals surface area contributed by atoms with E-state index in [0.717, 1.165) is 16.5 Å². The van der Waals surface area contributed by atoms with Gasteiger partial charge in [0.05, 0.1) is 41.7 Å². The summed E-state index contributed by atoms with van der Waals surface area (Å²) in [5.41, 5.74) is 9.84. The molecule has 0 amide bonds. The van der Waals surface area contributed by atoms with Gasteiger partial charge >= 0.3 is 0 Å². The Labute approximate surface area is 164 Å². The van der Waals surface area contributed by atoms with Crippen molar-refractivity contribution in [1.82, 2.24) is 29.4 Å². The number of nitrogens with two attached hydrogens (primary N) is 1. The maximum Gasteiger partial charge on any atom is 0.164 e. The van der Waals surface area contributed by atoms with E-state index < -0.39 is 0 Å². The van der Waals surface area contributed by atoms with Gasteiger partial charge in [-0.05, 0) is 30.3 Å². The molecule has 4 aromatic heterocycles. The van der Waals surface area contributed by atoms with E-state index in [2.05, 4.69) is 20.2 Å². The minimum absolute atomic E-state index is 0.370. The second-order valence-electron chi connectivity index (χ2n) is 6.14. The molecule has 8 nitrogen and oxygen atoms in total. The van der Waals surface area contributed by atoms with Crippen LogP contribution in [-0.2, 0) is 0 Å². The lowest BCUT2D eigenvalue weighted by molar-refractivity contribution is 0.412. The van der Waals surface area contributed by atoms with Crippen LogP contribution in [0.2, 0.25) is 5.02 Å². The maximum atomic E-state index is 6.23. The molecule has 9 heteroatoms. The monoisotopic (exact) mass is 391 g/mol. The Morgan fingerprint density at radius 3 is 2.89 bits per heavy atom. The number of pyridine rings is 1. The van der Waals surface area contributed by atoms with Crippen molar-refractivity contribution in [3.63, 3.8) is 0 Å². The molecule has 2 N–H and O–H groups in total.